The Labute approximate surface area is 141 Å². The summed E-state index contributed by atoms with van der Waals surface area (Å²) in [6.45, 7) is 2.43. The molecule has 6 nitrogen and oxygen atoms in total. The number of nitrogens with zero attached hydrogens (tertiary/aromatic N) is 5. The van der Waals surface area contributed by atoms with E-state index in [0.717, 1.165) is 32.9 Å². The maximum Gasteiger partial charge on any atom is 0.214 e. The van der Waals surface area contributed by atoms with Gasteiger partial charge in [0.15, 0.2) is 0 Å². The maximum absolute atomic E-state index is 13.0. The van der Waals surface area contributed by atoms with Crippen LogP contribution in [0.25, 0.3) is 16.2 Å². The number of rotatable bonds is 4. The first-order valence-corrected chi connectivity index (χ1v) is 8.13. The molecule has 0 aliphatic heterocycles. The van der Waals surface area contributed by atoms with Gasteiger partial charge >= 0.3 is 0 Å². The second-order valence-electron chi connectivity index (χ2n) is 5.22. The number of aryl methyl sites for hydroxylation is 1. The zero-order chi connectivity index (χ0) is 16.5. The van der Waals surface area contributed by atoms with Crippen molar-refractivity contribution in [1.82, 2.24) is 24.6 Å². The van der Waals surface area contributed by atoms with Gasteiger partial charge in [-0.1, -0.05) is 11.3 Å². The molecule has 120 valence electrons. The van der Waals surface area contributed by atoms with E-state index in [1.807, 2.05) is 19.2 Å². The second-order valence-corrected chi connectivity index (χ2v) is 6.17. The highest BCUT2D eigenvalue weighted by Gasteiger charge is 2.10. The Morgan fingerprint density at radius 2 is 2.00 bits per heavy atom. The fourth-order valence-electron chi connectivity index (χ4n) is 2.30. The first-order valence-electron chi connectivity index (χ1n) is 7.32. The fourth-order valence-corrected chi connectivity index (χ4v) is 3.08. The van der Waals surface area contributed by atoms with E-state index in [9.17, 15) is 4.39 Å². The number of benzene rings is 1. The highest BCUT2D eigenvalue weighted by atomic mass is 32.1. The molecule has 0 bridgehead atoms. The average Bonchev–Trinajstić information content (AvgIpc) is 3.12. The topological polar surface area (TPSA) is 68.0 Å². The smallest absolute Gasteiger partial charge is 0.214 e. The number of fused-ring (bicyclic) bond motifs is 1. The first-order chi connectivity index (χ1) is 11.7. The number of nitrogens with one attached hydrogen (secondary N) is 1. The number of hydrogen-bond donors (Lipinski definition) is 1. The molecule has 0 radical (unpaired) electrons. The van der Waals surface area contributed by atoms with Crippen LogP contribution >= 0.6 is 11.3 Å². The number of anilines is 1. The van der Waals surface area contributed by atoms with E-state index >= 15 is 0 Å². The van der Waals surface area contributed by atoms with Gasteiger partial charge in [-0.25, -0.2) is 23.9 Å². The number of hydrogen-bond acceptors (Lipinski definition) is 6. The minimum absolute atomic E-state index is 0.260. The van der Waals surface area contributed by atoms with E-state index in [4.69, 9.17) is 0 Å². The summed E-state index contributed by atoms with van der Waals surface area (Å²) in [5.74, 6) is 0.483. The molecule has 1 N–H and O–H groups in total. The standard InChI is InChI=1S/C16H13FN6S/c1-10-18-7-6-13(20-10)8-19-15-22-23-9-14(21-16(23)24-15)11-2-4-12(17)5-3-11/h2-7,9H,8H2,1H3,(H,19,22). The van der Waals surface area contributed by atoms with E-state index in [0.29, 0.717) is 6.54 Å². The van der Waals surface area contributed by atoms with Crippen LogP contribution in [-0.2, 0) is 6.54 Å². The van der Waals surface area contributed by atoms with Crippen LogP contribution in [-0.4, -0.2) is 24.6 Å². The summed E-state index contributed by atoms with van der Waals surface area (Å²) in [6.07, 6.45) is 3.57. The van der Waals surface area contributed by atoms with Crippen molar-refractivity contribution in [3.63, 3.8) is 0 Å². The first kappa shape index (κ1) is 14.7. The number of halogens is 1. The van der Waals surface area contributed by atoms with Crippen LogP contribution in [0.5, 0.6) is 0 Å². The van der Waals surface area contributed by atoms with E-state index in [1.165, 1.54) is 23.5 Å². The SMILES string of the molecule is Cc1nccc(CNc2nn3cc(-c4ccc(F)cc4)nc3s2)n1. The summed E-state index contributed by atoms with van der Waals surface area (Å²) in [7, 11) is 0. The van der Waals surface area contributed by atoms with Crippen molar-refractivity contribution < 1.29 is 4.39 Å². The molecule has 0 saturated heterocycles. The third kappa shape index (κ3) is 2.95. The average molecular weight is 340 g/mol. The molecule has 0 atom stereocenters. The molecule has 1 aromatic carbocycles. The molecular weight excluding hydrogens is 327 g/mol. The molecule has 0 saturated carbocycles. The summed E-state index contributed by atoms with van der Waals surface area (Å²) in [6, 6.07) is 8.13. The van der Waals surface area contributed by atoms with Crippen molar-refractivity contribution >= 4 is 21.4 Å². The molecule has 0 unspecified atom stereocenters. The molecule has 0 aliphatic carbocycles. The minimum atomic E-state index is -0.260. The molecule has 3 aromatic heterocycles. The van der Waals surface area contributed by atoms with Gasteiger partial charge in [0.1, 0.15) is 11.6 Å². The summed E-state index contributed by atoms with van der Waals surface area (Å²) in [5, 5.41) is 8.46. The Morgan fingerprint density at radius 1 is 1.17 bits per heavy atom. The van der Waals surface area contributed by atoms with E-state index in [-0.39, 0.29) is 5.82 Å². The summed E-state index contributed by atoms with van der Waals surface area (Å²) < 4.78 is 14.7. The Bertz CT molecular complexity index is 960. The molecule has 8 heteroatoms. The summed E-state index contributed by atoms with van der Waals surface area (Å²) in [5.41, 5.74) is 2.54. The molecule has 0 fully saturated rings. The quantitative estimate of drug-likeness (QED) is 0.617. The van der Waals surface area contributed by atoms with Crippen molar-refractivity contribution in [1.29, 1.82) is 0 Å². The van der Waals surface area contributed by atoms with Gasteiger partial charge in [-0.2, -0.15) is 0 Å². The third-order valence-corrected chi connectivity index (χ3v) is 4.32. The van der Waals surface area contributed by atoms with Gasteiger partial charge in [-0.15, -0.1) is 5.10 Å². The molecule has 24 heavy (non-hydrogen) atoms. The third-order valence-electron chi connectivity index (χ3n) is 3.44. The van der Waals surface area contributed by atoms with Gasteiger partial charge in [-0.05, 0) is 37.3 Å². The monoisotopic (exact) mass is 340 g/mol. The summed E-state index contributed by atoms with van der Waals surface area (Å²) in [4.78, 5) is 13.7. The zero-order valence-corrected chi connectivity index (χ0v) is 13.6. The lowest BCUT2D eigenvalue weighted by atomic mass is 10.2. The normalized spacial score (nSPS) is 11.1. The van der Waals surface area contributed by atoms with Crippen LogP contribution in [0.2, 0.25) is 0 Å². The van der Waals surface area contributed by atoms with E-state index < -0.39 is 0 Å². The lowest BCUT2D eigenvalue weighted by Crippen LogP contribution is -2.03. The Hall–Kier alpha value is -2.87. The maximum atomic E-state index is 13.0. The lowest BCUT2D eigenvalue weighted by molar-refractivity contribution is 0.628. The van der Waals surface area contributed by atoms with Gasteiger partial charge < -0.3 is 5.32 Å². The Kier molecular flexibility index (Phi) is 3.66. The Morgan fingerprint density at radius 3 is 2.75 bits per heavy atom. The van der Waals surface area contributed by atoms with Gasteiger partial charge in [-0.3, -0.25) is 0 Å². The highest BCUT2D eigenvalue weighted by molar-refractivity contribution is 7.20. The lowest BCUT2D eigenvalue weighted by Gasteiger charge is -2.01. The van der Waals surface area contributed by atoms with Crippen molar-refractivity contribution in [2.45, 2.75) is 13.5 Å². The predicted molar refractivity (Wildman–Crippen MR) is 90.4 cm³/mol. The molecule has 3 heterocycles. The predicted octanol–water partition coefficient (Wildman–Crippen LogP) is 3.31. The molecule has 0 amide bonds. The number of aromatic nitrogens is 5. The van der Waals surface area contributed by atoms with Gasteiger partial charge in [0.05, 0.1) is 24.1 Å². The van der Waals surface area contributed by atoms with Crippen molar-refractivity contribution in [3.05, 3.63) is 60.1 Å². The van der Waals surface area contributed by atoms with Crippen molar-refractivity contribution in [2.75, 3.05) is 5.32 Å². The largest absolute Gasteiger partial charge is 0.354 e. The van der Waals surface area contributed by atoms with Crippen LogP contribution < -0.4 is 5.32 Å². The van der Waals surface area contributed by atoms with Gasteiger partial charge in [0.25, 0.3) is 0 Å². The summed E-state index contributed by atoms with van der Waals surface area (Å²) >= 11 is 1.45. The zero-order valence-electron chi connectivity index (χ0n) is 12.8. The van der Waals surface area contributed by atoms with Crippen LogP contribution in [0.3, 0.4) is 0 Å². The Balaban J connectivity index is 1.52. The molecular formula is C16H13FN6S. The van der Waals surface area contributed by atoms with Crippen molar-refractivity contribution in [2.24, 2.45) is 0 Å². The van der Waals surface area contributed by atoms with Crippen LogP contribution in [0.1, 0.15) is 11.5 Å². The van der Waals surface area contributed by atoms with Crippen LogP contribution in [0, 0.1) is 12.7 Å². The highest BCUT2D eigenvalue weighted by Crippen LogP contribution is 2.24. The van der Waals surface area contributed by atoms with Gasteiger partial charge in [0, 0.05) is 11.8 Å². The molecule has 0 spiro atoms. The number of imidazole rings is 1. The van der Waals surface area contributed by atoms with E-state index in [1.54, 1.807) is 22.8 Å². The van der Waals surface area contributed by atoms with Gasteiger partial charge in [0.2, 0.25) is 10.1 Å². The van der Waals surface area contributed by atoms with Crippen LogP contribution in [0.15, 0.2) is 42.7 Å². The molecule has 4 aromatic rings. The minimum Gasteiger partial charge on any atom is -0.354 e. The second kappa shape index (κ2) is 5.97. The molecule has 4 rings (SSSR count). The van der Waals surface area contributed by atoms with E-state index in [2.05, 4.69) is 25.4 Å². The molecule has 0 aliphatic rings. The van der Waals surface area contributed by atoms with Crippen molar-refractivity contribution in [3.8, 4) is 11.3 Å². The van der Waals surface area contributed by atoms with Crippen LogP contribution in [0.4, 0.5) is 9.52 Å². The fraction of sp³-hybridized carbons (Fsp3) is 0.125.